The maximum atomic E-state index is 12.5. The Labute approximate surface area is 141 Å². The van der Waals surface area contributed by atoms with E-state index >= 15 is 0 Å². The van der Waals surface area contributed by atoms with Crippen LogP contribution < -0.4 is 0 Å². The molecule has 0 radical (unpaired) electrons. The standard InChI is InChI=1S/C15H23NO7S/c1-4-22-9-5-8-16(10-11(2)15(18)19)14(17)12-6-7-13(23-12)24(3,20)21/h6-7,11H,4-5,8-10H2,1-3H3,(H,18,19). The Balaban J connectivity index is 2.88. The molecule has 8 nitrogen and oxygen atoms in total. The van der Waals surface area contributed by atoms with Gasteiger partial charge in [0, 0.05) is 32.6 Å². The number of amides is 1. The van der Waals surface area contributed by atoms with E-state index in [4.69, 9.17) is 14.3 Å². The molecule has 0 saturated carbocycles. The number of furan rings is 1. The summed E-state index contributed by atoms with van der Waals surface area (Å²) in [6, 6.07) is 2.49. The van der Waals surface area contributed by atoms with Crippen molar-refractivity contribution in [3.8, 4) is 0 Å². The smallest absolute Gasteiger partial charge is 0.308 e. The van der Waals surface area contributed by atoms with Gasteiger partial charge in [-0.25, -0.2) is 8.42 Å². The molecule has 1 rings (SSSR count). The van der Waals surface area contributed by atoms with E-state index in [1.807, 2.05) is 6.92 Å². The summed E-state index contributed by atoms with van der Waals surface area (Å²) in [7, 11) is -3.55. The third kappa shape index (κ3) is 5.97. The van der Waals surface area contributed by atoms with Crippen LogP contribution >= 0.6 is 0 Å². The summed E-state index contributed by atoms with van der Waals surface area (Å²) in [5, 5.41) is 8.74. The molecule has 0 saturated heterocycles. The van der Waals surface area contributed by atoms with E-state index in [9.17, 15) is 18.0 Å². The summed E-state index contributed by atoms with van der Waals surface area (Å²) in [6.07, 6.45) is 1.51. The first-order chi connectivity index (χ1) is 11.2. The van der Waals surface area contributed by atoms with Gasteiger partial charge in [0.1, 0.15) is 0 Å². The quantitative estimate of drug-likeness (QED) is 0.624. The minimum absolute atomic E-state index is 0.00476. The minimum atomic E-state index is -3.55. The second-order valence-electron chi connectivity index (χ2n) is 5.43. The van der Waals surface area contributed by atoms with Crippen molar-refractivity contribution in [2.24, 2.45) is 5.92 Å². The van der Waals surface area contributed by atoms with Gasteiger partial charge >= 0.3 is 5.97 Å². The molecule has 136 valence electrons. The third-order valence-electron chi connectivity index (χ3n) is 3.28. The summed E-state index contributed by atoms with van der Waals surface area (Å²) >= 11 is 0. The van der Waals surface area contributed by atoms with E-state index in [1.165, 1.54) is 24.0 Å². The number of carbonyl (C=O) groups is 2. The van der Waals surface area contributed by atoms with Crippen LogP contribution in [0, 0.1) is 5.92 Å². The number of carbonyl (C=O) groups excluding carboxylic acids is 1. The molecule has 0 fully saturated rings. The first-order valence-electron chi connectivity index (χ1n) is 7.56. The van der Waals surface area contributed by atoms with Crippen LogP contribution in [0.2, 0.25) is 0 Å². The van der Waals surface area contributed by atoms with Gasteiger partial charge in [-0.2, -0.15) is 0 Å². The molecule has 0 spiro atoms. The average molecular weight is 361 g/mol. The fraction of sp³-hybridized carbons (Fsp3) is 0.600. The van der Waals surface area contributed by atoms with E-state index in [0.717, 1.165) is 6.26 Å². The molecule has 1 unspecified atom stereocenters. The third-order valence-corrected chi connectivity index (χ3v) is 4.23. The minimum Gasteiger partial charge on any atom is -0.481 e. The highest BCUT2D eigenvalue weighted by Crippen LogP contribution is 2.16. The van der Waals surface area contributed by atoms with Gasteiger partial charge in [0.15, 0.2) is 5.76 Å². The van der Waals surface area contributed by atoms with Crippen LogP contribution in [-0.4, -0.2) is 62.9 Å². The topological polar surface area (TPSA) is 114 Å². The summed E-state index contributed by atoms with van der Waals surface area (Å²) in [4.78, 5) is 24.9. The van der Waals surface area contributed by atoms with E-state index < -0.39 is 27.6 Å². The molecule has 0 bridgehead atoms. The highest BCUT2D eigenvalue weighted by Gasteiger charge is 2.25. The van der Waals surface area contributed by atoms with Crippen LogP contribution in [0.15, 0.2) is 21.6 Å². The molecule has 1 atom stereocenters. The Hall–Kier alpha value is -1.87. The predicted molar refractivity (Wildman–Crippen MR) is 85.6 cm³/mol. The molecule has 1 amide bonds. The number of aliphatic carboxylic acids is 1. The van der Waals surface area contributed by atoms with E-state index in [0.29, 0.717) is 19.6 Å². The lowest BCUT2D eigenvalue weighted by atomic mass is 10.1. The highest BCUT2D eigenvalue weighted by molar-refractivity contribution is 7.90. The number of carboxylic acids is 1. The van der Waals surface area contributed by atoms with Crippen molar-refractivity contribution >= 4 is 21.7 Å². The fourth-order valence-corrected chi connectivity index (χ4v) is 2.53. The summed E-state index contributed by atoms with van der Waals surface area (Å²) in [5.41, 5.74) is 0. The number of ether oxygens (including phenoxy) is 1. The average Bonchev–Trinajstić information content (AvgIpc) is 2.99. The zero-order valence-electron chi connectivity index (χ0n) is 14.0. The van der Waals surface area contributed by atoms with Crippen LogP contribution in [0.5, 0.6) is 0 Å². The Bertz CT molecular complexity index is 665. The molecule has 0 aliphatic heterocycles. The maximum Gasteiger partial charge on any atom is 0.308 e. The summed E-state index contributed by atoms with van der Waals surface area (Å²) < 4.78 is 33.2. The van der Waals surface area contributed by atoms with Crippen LogP contribution in [0.4, 0.5) is 0 Å². The molecular weight excluding hydrogens is 338 g/mol. The monoisotopic (exact) mass is 361 g/mol. The second kappa shape index (κ2) is 8.84. The highest BCUT2D eigenvalue weighted by atomic mass is 32.2. The first-order valence-corrected chi connectivity index (χ1v) is 9.45. The van der Waals surface area contributed by atoms with Crippen LogP contribution in [0.25, 0.3) is 0 Å². The van der Waals surface area contributed by atoms with Gasteiger partial charge in [-0.1, -0.05) is 6.92 Å². The van der Waals surface area contributed by atoms with Crippen molar-refractivity contribution in [1.29, 1.82) is 0 Å². The lowest BCUT2D eigenvalue weighted by molar-refractivity contribution is -0.141. The zero-order valence-corrected chi connectivity index (χ0v) is 14.8. The van der Waals surface area contributed by atoms with Gasteiger partial charge in [0.25, 0.3) is 5.91 Å². The number of sulfone groups is 1. The molecule has 1 heterocycles. The molecule has 1 N–H and O–H groups in total. The SMILES string of the molecule is CCOCCCN(CC(C)C(=O)O)C(=O)c1ccc(S(C)(=O)=O)o1. The molecular formula is C15H23NO7S. The number of carboxylic acid groups (broad SMARTS) is 1. The largest absolute Gasteiger partial charge is 0.481 e. The van der Waals surface area contributed by atoms with Crippen LogP contribution in [0.3, 0.4) is 0 Å². The van der Waals surface area contributed by atoms with E-state index in [1.54, 1.807) is 0 Å². The number of nitrogens with zero attached hydrogens (tertiary/aromatic N) is 1. The predicted octanol–water partition coefficient (Wildman–Crippen LogP) is 1.27. The lowest BCUT2D eigenvalue weighted by Gasteiger charge is -2.23. The van der Waals surface area contributed by atoms with Gasteiger partial charge in [-0.05, 0) is 25.5 Å². The first kappa shape index (κ1) is 20.2. The van der Waals surface area contributed by atoms with E-state index in [2.05, 4.69) is 0 Å². The van der Waals surface area contributed by atoms with Gasteiger partial charge in [-0.15, -0.1) is 0 Å². The Morgan fingerprint density at radius 3 is 2.54 bits per heavy atom. The summed E-state index contributed by atoms with van der Waals surface area (Å²) in [5.74, 6) is -2.46. The lowest BCUT2D eigenvalue weighted by Crippen LogP contribution is -2.37. The van der Waals surface area contributed by atoms with Crippen LogP contribution in [-0.2, 0) is 19.4 Å². The molecule has 24 heavy (non-hydrogen) atoms. The van der Waals surface area contributed by atoms with Crippen molar-refractivity contribution < 1.29 is 32.3 Å². The van der Waals surface area contributed by atoms with Gasteiger partial charge in [-0.3, -0.25) is 9.59 Å². The normalized spacial score (nSPS) is 12.8. The Kier molecular flexibility index (Phi) is 7.43. The number of hydrogen-bond acceptors (Lipinski definition) is 6. The van der Waals surface area contributed by atoms with Gasteiger partial charge in [0.05, 0.1) is 5.92 Å². The van der Waals surface area contributed by atoms with Crippen molar-refractivity contribution in [1.82, 2.24) is 4.90 Å². The molecule has 0 aromatic carbocycles. The van der Waals surface area contributed by atoms with Crippen molar-refractivity contribution in [3.63, 3.8) is 0 Å². The van der Waals surface area contributed by atoms with Gasteiger partial charge in [0.2, 0.25) is 14.9 Å². The number of rotatable bonds is 10. The zero-order chi connectivity index (χ0) is 18.3. The maximum absolute atomic E-state index is 12.5. The van der Waals surface area contributed by atoms with E-state index in [-0.39, 0.29) is 23.9 Å². The fourth-order valence-electron chi connectivity index (χ4n) is 1.98. The Morgan fingerprint density at radius 2 is 2.04 bits per heavy atom. The molecule has 9 heteroatoms. The molecule has 0 aliphatic carbocycles. The van der Waals surface area contributed by atoms with Crippen molar-refractivity contribution in [2.75, 3.05) is 32.6 Å². The van der Waals surface area contributed by atoms with Crippen molar-refractivity contribution in [2.45, 2.75) is 25.4 Å². The molecule has 0 aliphatic rings. The van der Waals surface area contributed by atoms with Gasteiger partial charge < -0.3 is 19.2 Å². The molecule has 1 aromatic heterocycles. The number of hydrogen-bond donors (Lipinski definition) is 1. The van der Waals surface area contributed by atoms with Crippen molar-refractivity contribution in [3.05, 3.63) is 17.9 Å². The Morgan fingerprint density at radius 1 is 1.38 bits per heavy atom. The van der Waals surface area contributed by atoms with Crippen LogP contribution in [0.1, 0.15) is 30.8 Å². The second-order valence-corrected chi connectivity index (χ2v) is 7.38. The summed E-state index contributed by atoms with van der Waals surface area (Å²) in [6.45, 7) is 4.62. The molecule has 1 aromatic rings.